The summed E-state index contributed by atoms with van der Waals surface area (Å²) >= 11 is 0. The van der Waals surface area contributed by atoms with Crippen LogP contribution in [0.4, 0.5) is 0 Å². The maximum Gasteiger partial charge on any atom is 0.494 e. The quantitative estimate of drug-likeness (QED) is 0.593. The van der Waals surface area contributed by atoms with Crippen LogP contribution in [0.15, 0.2) is 48.5 Å². The molecule has 150 valence electrons. The lowest BCUT2D eigenvalue weighted by atomic mass is 9.67. The van der Waals surface area contributed by atoms with Crippen LogP contribution in [0.5, 0.6) is 0 Å². The number of hydrogen-bond donors (Lipinski definition) is 0. The van der Waals surface area contributed by atoms with Crippen molar-refractivity contribution in [3.8, 4) is 0 Å². The second kappa shape index (κ2) is 6.08. The smallest absolute Gasteiger partial charge is 0.399 e. The van der Waals surface area contributed by atoms with E-state index < -0.39 is 46.2 Å². The molecule has 0 aromatic heterocycles. The van der Waals surface area contributed by atoms with Crippen LogP contribution in [-0.4, -0.2) is 46.2 Å². The summed E-state index contributed by atoms with van der Waals surface area (Å²) in [4.78, 5) is 0. The molecular weight excluding hydrogens is 378 g/mol. The fourth-order valence-electron chi connectivity index (χ4n) is 5.10. The van der Waals surface area contributed by atoms with E-state index in [-0.39, 0.29) is 0 Å². The zero-order valence-corrected chi connectivity index (χ0v) is 19.5. The van der Waals surface area contributed by atoms with Gasteiger partial charge in [-0.15, -0.1) is 0 Å². The largest absolute Gasteiger partial charge is 0.494 e. The molecule has 3 aliphatic rings. The summed E-state index contributed by atoms with van der Waals surface area (Å²) in [7, 11) is -1.49. The molecule has 8 bridgehead atoms. The van der Waals surface area contributed by atoms with Gasteiger partial charge in [0.1, 0.15) is 11.2 Å². The van der Waals surface area contributed by atoms with Gasteiger partial charge in [0.15, 0.2) is 0 Å². The van der Waals surface area contributed by atoms with Crippen molar-refractivity contribution in [2.75, 3.05) is 0 Å². The molecule has 2 aromatic rings. The number of benzene rings is 2. The van der Waals surface area contributed by atoms with E-state index in [9.17, 15) is 0 Å². The first-order chi connectivity index (χ1) is 13.5. The van der Waals surface area contributed by atoms with Gasteiger partial charge in [-0.05, 0) is 52.5 Å². The van der Waals surface area contributed by atoms with Gasteiger partial charge in [0.05, 0.1) is 20.7 Å². The van der Waals surface area contributed by atoms with Crippen LogP contribution in [0.25, 0.3) is 0 Å². The fraction of sp³-hybridized carbons (Fsp3) is 0.455. The van der Waals surface area contributed by atoms with Gasteiger partial charge in [-0.25, -0.2) is 0 Å². The standard InChI is InChI=1S/C22H28B2O4Si/c1-19(2)21(5)22(6)20(3,4)26-24(28-22)16-10-8-12-18(14-16)29-17-11-7-9-15(13-17)23(25-19)27-21/h7-14H,29H2,1-6H3. The molecule has 5 rings (SSSR count). The van der Waals surface area contributed by atoms with Crippen molar-refractivity contribution >= 4 is 45.1 Å². The van der Waals surface area contributed by atoms with Crippen LogP contribution in [-0.2, 0) is 18.6 Å². The number of hydrogen-bond acceptors (Lipinski definition) is 4. The highest BCUT2D eigenvalue weighted by atomic mass is 28.2. The number of fused-ring (bicyclic) bond motifs is 11. The third kappa shape index (κ3) is 2.68. The monoisotopic (exact) mass is 406 g/mol. The summed E-state index contributed by atoms with van der Waals surface area (Å²) in [5.74, 6) is 0. The lowest BCUT2D eigenvalue weighted by Crippen LogP contribution is -2.68. The Balaban J connectivity index is 1.73. The fourth-order valence-corrected chi connectivity index (χ4v) is 6.76. The summed E-state index contributed by atoms with van der Waals surface area (Å²) in [6.07, 6.45) is 0. The minimum absolute atomic E-state index is 0.428. The molecule has 0 spiro atoms. The van der Waals surface area contributed by atoms with E-state index in [1.807, 2.05) is 0 Å². The molecule has 2 unspecified atom stereocenters. The summed E-state index contributed by atoms with van der Waals surface area (Å²) in [5, 5.41) is 2.74. The van der Waals surface area contributed by atoms with E-state index in [1.165, 1.54) is 10.4 Å². The van der Waals surface area contributed by atoms with E-state index in [2.05, 4.69) is 90.1 Å². The second-order valence-electron chi connectivity index (χ2n) is 9.89. The molecule has 2 saturated heterocycles. The van der Waals surface area contributed by atoms with Crippen molar-refractivity contribution in [1.82, 2.24) is 0 Å². The van der Waals surface area contributed by atoms with Crippen molar-refractivity contribution in [2.24, 2.45) is 0 Å². The van der Waals surface area contributed by atoms with Gasteiger partial charge in [-0.3, -0.25) is 0 Å². The van der Waals surface area contributed by atoms with E-state index in [1.54, 1.807) is 0 Å². The van der Waals surface area contributed by atoms with Crippen LogP contribution in [0, 0.1) is 0 Å². The Morgan fingerprint density at radius 1 is 0.621 bits per heavy atom. The molecule has 0 N–H and O–H groups in total. The van der Waals surface area contributed by atoms with Gasteiger partial charge in [0, 0.05) is 0 Å². The zero-order chi connectivity index (χ0) is 20.7. The van der Waals surface area contributed by atoms with Crippen molar-refractivity contribution < 1.29 is 18.6 Å². The van der Waals surface area contributed by atoms with E-state index >= 15 is 0 Å². The summed E-state index contributed by atoms with van der Waals surface area (Å²) < 4.78 is 26.5. The Morgan fingerprint density at radius 3 is 1.45 bits per heavy atom. The van der Waals surface area contributed by atoms with Crippen molar-refractivity contribution in [2.45, 2.75) is 63.9 Å². The Kier molecular flexibility index (Phi) is 4.11. The van der Waals surface area contributed by atoms with Crippen LogP contribution in [0.2, 0.25) is 0 Å². The number of rotatable bonds is 0. The minimum Gasteiger partial charge on any atom is -0.399 e. The van der Waals surface area contributed by atoms with Gasteiger partial charge in [-0.1, -0.05) is 58.9 Å². The molecular formula is C22H28B2O4Si. The van der Waals surface area contributed by atoms with Crippen LogP contribution < -0.4 is 21.3 Å². The lowest BCUT2D eigenvalue weighted by molar-refractivity contribution is -0.176. The Morgan fingerprint density at radius 2 is 1.03 bits per heavy atom. The molecule has 2 atom stereocenters. The molecule has 2 aromatic carbocycles. The lowest BCUT2D eigenvalue weighted by Gasteiger charge is -2.52. The first-order valence-electron chi connectivity index (χ1n) is 10.4. The first-order valence-corrected chi connectivity index (χ1v) is 11.9. The second-order valence-corrected chi connectivity index (χ2v) is 11.9. The molecule has 4 nitrogen and oxygen atoms in total. The molecule has 3 aliphatic heterocycles. The van der Waals surface area contributed by atoms with Crippen molar-refractivity contribution in [1.29, 1.82) is 0 Å². The predicted molar refractivity (Wildman–Crippen MR) is 121 cm³/mol. The maximum absolute atomic E-state index is 6.73. The van der Waals surface area contributed by atoms with E-state index in [0.29, 0.717) is 0 Å². The highest BCUT2D eigenvalue weighted by Gasteiger charge is 2.72. The third-order valence-corrected chi connectivity index (χ3v) is 9.25. The minimum atomic E-state index is -0.720. The highest BCUT2D eigenvalue weighted by Crippen LogP contribution is 2.54. The van der Waals surface area contributed by atoms with Crippen molar-refractivity contribution in [3.63, 3.8) is 0 Å². The molecule has 3 heterocycles. The average molecular weight is 406 g/mol. The Bertz CT molecular complexity index is 903. The topological polar surface area (TPSA) is 36.9 Å². The maximum atomic E-state index is 6.73. The van der Waals surface area contributed by atoms with E-state index in [4.69, 9.17) is 18.6 Å². The Hall–Kier alpha value is -1.37. The highest BCUT2D eigenvalue weighted by molar-refractivity contribution is 6.70. The summed E-state index contributed by atoms with van der Waals surface area (Å²) in [6.45, 7) is 12.6. The van der Waals surface area contributed by atoms with Gasteiger partial charge >= 0.3 is 14.2 Å². The average Bonchev–Trinajstić information content (AvgIpc) is 3.06. The molecule has 0 saturated carbocycles. The molecule has 0 radical (unpaired) electrons. The summed E-state index contributed by atoms with van der Waals surface area (Å²) in [6, 6.07) is 17.4. The first kappa shape index (κ1) is 19.6. The molecule has 2 fully saturated rings. The predicted octanol–water partition coefficient (Wildman–Crippen LogP) is 0.378. The van der Waals surface area contributed by atoms with Crippen molar-refractivity contribution in [3.05, 3.63) is 48.5 Å². The van der Waals surface area contributed by atoms with Crippen LogP contribution in [0.1, 0.15) is 41.5 Å². The van der Waals surface area contributed by atoms with Gasteiger partial charge in [0.2, 0.25) is 0 Å². The SMILES string of the molecule is CC1(C)OB2OC1(C)C1(C)OB(OC1(C)C)c1cccc(c1)[SiH2]c1cccc2c1. The third-order valence-electron chi connectivity index (χ3n) is 7.55. The molecule has 0 aliphatic carbocycles. The van der Waals surface area contributed by atoms with Crippen LogP contribution in [0.3, 0.4) is 0 Å². The van der Waals surface area contributed by atoms with Gasteiger partial charge in [-0.2, -0.15) is 0 Å². The summed E-state index contributed by atoms with van der Waals surface area (Å²) in [5.41, 5.74) is -0.440. The Labute approximate surface area is 176 Å². The molecule has 7 heteroatoms. The van der Waals surface area contributed by atoms with E-state index in [0.717, 1.165) is 10.9 Å². The normalized spacial score (nSPS) is 32.6. The molecule has 0 amide bonds. The van der Waals surface area contributed by atoms with Crippen LogP contribution >= 0.6 is 0 Å². The molecule has 29 heavy (non-hydrogen) atoms. The zero-order valence-electron chi connectivity index (χ0n) is 18.1. The van der Waals surface area contributed by atoms with Gasteiger partial charge in [0.25, 0.3) is 0 Å². The van der Waals surface area contributed by atoms with Gasteiger partial charge < -0.3 is 18.6 Å².